The number of hydrogen-bond donors (Lipinski definition) is 2. The molecular weight excluding hydrogens is 350 g/mol. The first-order valence-corrected chi connectivity index (χ1v) is 9.57. The third-order valence-corrected chi connectivity index (χ3v) is 5.80. The molecule has 7 heteroatoms. The lowest BCUT2D eigenvalue weighted by Gasteiger charge is -2.18. The van der Waals surface area contributed by atoms with Gasteiger partial charge in [0.05, 0.1) is 12.2 Å². The molecule has 0 amide bonds. The van der Waals surface area contributed by atoms with E-state index in [1.165, 1.54) is 29.7 Å². The number of anilines is 1. The zero-order chi connectivity index (χ0) is 19.3. The summed E-state index contributed by atoms with van der Waals surface area (Å²) in [6.07, 6.45) is 3.97. The first kappa shape index (κ1) is 17.1. The lowest BCUT2D eigenvalue weighted by Crippen LogP contribution is -2.16. The van der Waals surface area contributed by atoms with Crippen molar-refractivity contribution in [2.24, 2.45) is 0 Å². The molecule has 2 N–H and O–H groups in total. The van der Waals surface area contributed by atoms with Crippen molar-refractivity contribution in [1.29, 1.82) is 0 Å². The lowest BCUT2D eigenvalue weighted by molar-refractivity contribution is 0.712. The van der Waals surface area contributed by atoms with E-state index in [2.05, 4.69) is 45.0 Å². The average molecular weight is 373 g/mol. The highest BCUT2D eigenvalue weighted by Crippen LogP contribution is 2.48. The third kappa shape index (κ3) is 2.70. The predicted octanol–water partition coefficient (Wildman–Crippen LogP) is 3.02. The van der Waals surface area contributed by atoms with Gasteiger partial charge in [0.2, 0.25) is 0 Å². The minimum absolute atomic E-state index is 0.218. The van der Waals surface area contributed by atoms with Gasteiger partial charge in [0.1, 0.15) is 17.8 Å². The van der Waals surface area contributed by atoms with Gasteiger partial charge in [-0.25, -0.2) is 4.98 Å². The molecule has 3 aromatic heterocycles. The summed E-state index contributed by atoms with van der Waals surface area (Å²) in [5.41, 5.74) is 6.67. The molecule has 142 valence electrons. The molecule has 1 saturated carbocycles. The van der Waals surface area contributed by atoms with Gasteiger partial charge in [0.15, 0.2) is 5.82 Å². The minimum Gasteiger partial charge on any atom is -0.326 e. The van der Waals surface area contributed by atoms with E-state index in [-0.39, 0.29) is 5.41 Å². The number of nitrogens with zero attached hydrogens (tertiary/aromatic N) is 5. The summed E-state index contributed by atoms with van der Waals surface area (Å²) in [5, 5.41) is 11.2. The van der Waals surface area contributed by atoms with Crippen molar-refractivity contribution in [3.63, 3.8) is 0 Å². The highest BCUT2D eigenvalue weighted by molar-refractivity contribution is 5.83. The second-order valence-corrected chi connectivity index (χ2v) is 7.82. The summed E-state index contributed by atoms with van der Waals surface area (Å²) in [4.78, 5) is 15.0. The predicted molar refractivity (Wildman–Crippen MR) is 108 cm³/mol. The van der Waals surface area contributed by atoms with Crippen LogP contribution in [0.25, 0.3) is 17.2 Å². The quantitative estimate of drug-likeness (QED) is 0.715. The van der Waals surface area contributed by atoms with Crippen molar-refractivity contribution in [2.45, 2.75) is 38.3 Å². The zero-order valence-corrected chi connectivity index (χ0v) is 16.2. The molecule has 5 rings (SSSR count). The summed E-state index contributed by atoms with van der Waals surface area (Å²) < 4.78 is 0. The lowest BCUT2D eigenvalue weighted by atomic mass is 9.98. The Balaban J connectivity index is 1.54. The normalized spacial score (nSPS) is 17.1. The molecule has 0 bridgehead atoms. The summed E-state index contributed by atoms with van der Waals surface area (Å²) >= 11 is 0. The Labute approximate surface area is 163 Å². The van der Waals surface area contributed by atoms with Crippen molar-refractivity contribution in [2.75, 3.05) is 11.9 Å². The third-order valence-electron chi connectivity index (χ3n) is 5.80. The molecular formula is C21H23N7. The maximum Gasteiger partial charge on any atom is 0.179 e. The molecule has 0 spiro atoms. The van der Waals surface area contributed by atoms with Gasteiger partial charge in [-0.3, -0.25) is 4.98 Å². The molecule has 7 nitrogen and oxygen atoms in total. The monoisotopic (exact) mass is 373 g/mol. The largest absolute Gasteiger partial charge is 0.326 e. The SMILES string of the molecule is C=C1c2cc(C3(C)CC3)nc(CNC)c2CN1c1cccc(-c2nnc[nH]2)n1. The summed E-state index contributed by atoms with van der Waals surface area (Å²) in [7, 11) is 1.96. The maximum absolute atomic E-state index is 5.01. The van der Waals surface area contributed by atoms with Crippen LogP contribution in [-0.2, 0) is 18.5 Å². The molecule has 0 radical (unpaired) electrons. The number of fused-ring (bicyclic) bond motifs is 1. The zero-order valence-electron chi connectivity index (χ0n) is 16.2. The number of rotatable bonds is 5. The van der Waals surface area contributed by atoms with Crippen LogP contribution < -0.4 is 10.2 Å². The van der Waals surface area contributed by atoms with Crippen molar-refractivity contribution in [3.8, 4) is 11.5 Å². The van der Waals surface area contributed by atoms with E-state index in [4.69, 9.17) is 9.97 Å². The first-order chi connectivity index (χ1) is 13.6. The topological polar surface area (TPSA) is 82.6 Å². The molecule has 2 aliphatic rings. The first-order valence-electron chi connectivity index (χ1n) is 9.57. The van der Waals surface area contributed by atoms with Gasteiger partial charge in [-0.2, -0.15) is 0 Å². The van der Waals surface area contributed by atoms with E-state index in [1.54, 1.807) is 6.33 Å². The van der Waals surface area contributed by atoms with Crippen LogP contribution in [0.3, 0.4) is 0 Å². The van der Waals surface area contributed by atoms with Crippen LogP contribution in [0.15, 0.2) is 37.2 Å². The highest BCUT2D eigenvalue weighted by Gasteiger charge is 2.42. The molecule has 4 heterocycles. The molecule has 3 aromatic rings. The van der Waals surface area contributed by atoms with E-state index in [0.29, 0.717) is 5.82 Å². The molecule has 0 saturated heterocycles. The van der Waals surface area contributed by atoms with Gasteiger partial charge in [-0.15, -0.1) is 10.2 Å². The van der Waals surface area contributed by atoms with Gasteiger partial charge in [-0.05, 0) is 38.1 Å². The Kier molecular flexibility index (Phi) is 3.80. The molecule has 1 aliphatic carbocycles. The van der Waals surface area contributed by atoms with Gasteiger partial charge < -0.3 is 15.2 Å². The van der Waals surface area contributed by atoms with Gasteiger partial charge in [-0.1, -0.05) is 19.6 Å². The highest BCUT2D eigenvalue weighted by atomic mass is 15.2. The van der Waals surface area contributed by atoms with Crippen LogP contribution >= 0.6 is 0 Å². The Morgan fingerprint density at radius 3 is 2.86 bits per heavy atom. The molecule has 0 aromatic carbocycles. The Bertz CT molecular complexity index is 1050. The fraction of sp³-hybridized carbons (Fsp3) is 0.333. The fourth-order valence-electron chi connectivity index (χ4n) is 3.78. The number of H-pyrrole nitrogens is 1. The van der Waals surface area contributed by atoms with Crippen molar-refractivity contribution in [3.05, 3.63) is 59.7 Å². The van der Waals surface area contributed by atoms with Gasteiger partial charge >= 0.3 is 0 Å². The molecule has 0 unspecified atom stereocenters. The Morgan fingerprint density at radius 1 is 1.29 bits per heavy atom. The van der Waals surface area contributed by atoms with Crippen LogP contribution in [-0.4, -0.2) is 32.2 Å². The van der Waals surface area contributed by atoms with Crippen LogP contribution in [0.1, 0.15) is 42.3 Å². The number of nitrogens with one attached hydrogen (secondary N) is 2. The van der Waals surface area contributed by atoms with E-state index < -0.39 is 0 Å². The van der Waals surface area contributed by atoms with Crippen molar-refractivity contribution in [1.82, 2.24) is 30.5 Å². The van der Waals surface area contributed by atoms with E-state index in [0.717, 1.165) is 36.0 Å². The minimum atomic E-state index is 0.218. The maximum atomic E-state index is 5.01. The summed E-state index contributed by atoms with van der Waals surface area (Å²) in [5.74, 6) is 1.51. The second kappa shape index (κ2) is 6.24. The number of aromatic amines is 1. The van der Waals surface area contributed by atoms with Crippen LogP contribution in [0.5, 0.6) is 0 Å². The van der Waals surface area contributed by atoms with Crippen LogP contribution in [0.2, 0.25) is 0 Å². The van der Waals surface area contributed by atoms with Crippen molar-refractivity contribution >= 4 is 11.5 Å². The molecule has 0 atom stereocenters. The smallest absolute Gasteiger partial charge is 0.179 e. The fourth-order valence-corrected chi connectivity index (χ4v) is 3.78. The number of aromatic nitrogens is 5. The number of hydrogen-bond acceptors (Lipinski definition) is 6. The number of pyridine rings is 2. The van der Waals surface area contributed by atoms with Crippen LogP contribution in [0, 0.1) is 0 Å². The summed E-state index contributed by atoms with van der Waals surface area (Å²) in [6.45, 7) is 8.16. The molecule has 1 aliphatic heterocycles. The van der Waals surface area contributed by atoms with Gasteiger partial charge in [0, 0.05) is 34.5 Å². The average Bonchev–Trinajstić information content (AvgIpc) is 3.11. The van der Waals surface area contributed by atoms with E-state index in [9.17, 15) is 0 Å². The van der Waals surface area contributed by atoms with E-state index in [1.807, 2.05) is 25.2 Å². The summed E-state index contributed by atoms with van der Waals surface area (Å²) in [6, 6.07) is 8.16. The van der Waals surface area contributed by atoms with E-state index >= 15 is 0 Å². The standard InChI is InChI=1S/C21H23N7/c1-13-14-9-18(21(2)7-8-21)25-17(10-22-3)15(14)11-28(13)19-6-4-5-16(26-19)20-23-12-24-27-20/h4-6,9,12,22H,1,7-8,10-11H2,2-3H3,(H,23,24,27). The van der Waals surface area contributed by atoms with Gasteiger partial charge in [0.25, 0.3) is 0 Å². The Hall–Kier alpha value is -3.06. The molecule has 1 fully saturated rings. The van der Waals surface area contributed by atoms with Crippen LogP contribution in [0.4, 0.5) is 5.82 Å². The molecule has 28 heavy (non-hydrogen) atoms. The van der Waals surface area contributed by atoms with Crippen molar-refractivity contribution < 1.29 is 0 Å². The Morgan fingerprint density at radius 2 is 2.14 bits per heavy atom. The second-order valence-electron chi connectivity index (χ2n) is 7.82.